The number of halogens is 1. The number of anilines is 1. The first-order valence-electron chi connectivity index (χ1n) is 10.7. The van der Waals surface area contributed by atoms with Crippen LogP contribution in [-0.4, -0.2) is 51.9 Å². The highest BCUT2D eigenvalue weighted by atomic mass is 35.5. The zero-order valence-electron chi connectivity index (χ0n) is 18.0. The lowest BCUT2D eigenvalue weighted by Gasteiger charge is -2.18. The molecule has 0 radical (unpaired) electrons. The quantitative estimate of drug-likeness (QED) is 0.540. The first-order chi connectivity index (χ1) is 15.5. The first kappa shape index (κ1) is 22.3. The van der Waals surface area contributed by atoms with Crippen LogP contribution in [0.3, 0.4) is 0 Å². The van der Waals surface area contributed by atoms with E-state index in [9.17, 15) is 9.90 Å². The predicted molar refractivity (Wildman–Crippen MR) is 125 cm³/mol. The minimum absolute atomic E-state index is 0.473. The lowest BCUT2D eigenvalue weighted by molar-refractivity contribution is -0.124. The van der Waals surface area contributed by atoms with Gasteiger partial charge in [0, 0.05) is 36.1 Å². The van der Waals surface area contributed by atoms with Crippen molar-refractivity contribution in [3.8, 4) is 17.0 Å². The Balaban J connectivity index is 1.50. The number of likely N-dealkylation sites (tertiary alicyclic amines) is 1. The van der Waals surface area contributed by atoms with Crippen LogP contribution in [0.2, 0.25) is 5.02 Å². The maximum Gasteiger partial charge on any atom is 0.257 e. The Kier molecular flexibility index (Phi) is 7.09. The Bertz CT molecular complexity index is 1060. The Labute approximate surface area is 192 Å². The molecule has 1 saturated heterocycles. The third-order valence-corrected chi connectivity index (χ3v) is 5.89. The fourth-order valence-corrected chi connectivity index (χ4v) is 4.00. The highest BCUT2D eigenvalue weighted by molar-refractivity contribution is 6.30. The SMILES string of the molecule is Cn1nccc1-c1cc(NC(=O)C(O)c2ccc(Cl)cc2)ccc1OCCN1CCCC1. The zero-order valence-corrected chi connectivity index (χ0v) is 18.8. The van der Waals surface area contributed by atoms with Gasteiger partial charge in [-0.1, -0.05) is 23.7 Å². The van der Waals surface area contributed by atoms with Gasteiger partial charge in [-0.15, -0.1) is 0 Å². The second-order valence-corrected chi connectivity index (χ2v) is 8.33. The molecular weight excluding hydrogens is 428 g/mol. The molecule has 3 aromatic rings. The molecule has 2 aromatic carbocycles. The van der Waals surface area contributed by atoms with Gasteiger partial charge in [0.15, 0.2) is 6.10 Å². The van der Waals surface area contributed by atoms with Crippen molar-refractivity contribution in [1.82, 2.24) is 14.7 Å². The topological polar surface area (TPSA) is 79.6 Å². The van der Waals surface area contributed by atoms with Crippen LogP contribution in [-0.2, 0) is 11.8 Å². The molecule has 32 heavy (non-hydrogen) atoms. The number of aliphatic hydroxyl groups excluding tert-OH is 1. The molecule has 1 aromatic heterocycles. The van der Waals surface area contributed by atoms with E-state index in [1.165, 1.54) is 12.8 Å². The van der Waals surface area contributed by atoms with Crippen LogP contribution in [0.4, 0.5) is 5.69 Å². The highest BCUT2D eigenvalue weighted by Crippen LogP contribution is 2.33. The summed E-state index contributed by atoms with van der Waals surface area (Å²) in [6.45, 7) is 3.72. The highest BCUT2D eigenvalue weighted by Gasteiger charge is 2.19. The molecule has 0 bridgehead atoms. The smallest absolute Gasteiger partial charge is 0.257 e. The van der Waals surface area contributed by atoms with Gasteiger partial charge in [-0.3, -0.25) is 14.4 Å². The Morgan fingerprint density at radius 3 is 2.62 bits per heavy atom. The van der Waals surface area contributed by atoms with E-state index in [1.54, 1.807) is 41.2 Å². The number of rotatable bonds is 8. The number of ether oxygens (including phenoxy) is 1. The molecule has 168 valence electrons. The summed E-state index contributed by atoms with van der Waals surface area (Å²) in [4.78, 5) is 15.0. The van der Waals surface area contributed by atoms with E-state index in [-0.39, 0.29) is 0 Å². The van der Waals surface area contributed by atoms with Crippen LogP contribution in [0, 0.1) is 0 Å². The lowest BCUT2D eigenvalue weighted by Crippen LogP contribution is -2.25. The molecule has 1 unspecified atom stereocenters. The molecule has 1 aliphatic heterocycles. The van der Waals surface area contributed by atoms with Gasteiger partial charge in [0.1, 0.15) is 12.4 Å². The van der Waals surface area contributed by atoms with Crippen molar-refractivity contribution in [3.63, 3.8) is 0 Å². The van der Waals surface area contributed by atoms with E-state index in [2.05, 4.69) is 15.3 Å². The maximum atomic E-state index is 12.6. The molecule has 4 rings (SSSR count). The number of benzene rings is 2. The Hall–Kier alpha value is -2.87. The van der Waals surface area contributed by atoms with Gasteiger partial charge in [0.25, 0.3) is 5.91 Å². The third kappa shape index (κ3) is 5.30. The molecule has 1 fully saturated rings. The van der Waals surface area contributed by atoms with E-state index >= 15 is 0 Å². The summed E-state index contributed by atoms with van der Waals surface area (Å²) in [6.07, 6.45) is 2.91. The number of hydrogen-bond acceptors (Lipinski definition) is 5. The molecule has 0 aliphatic carbocycles. The largest absolute Gasteiger partial charge is 0.492 e. The summed E-state index contributed by atoms with van der Waals surface area (Å²) in [7, 11) is 1.86. The maximum absolute atomic E-state index is 12.6. The fraction of sp³-hybridized carbons (Fsp3) is 0.333. The third-order valence-electron chi connectivity index (χ3n) is 5.64. The number of aromatic nitrogens is 2. The fourth-order valence-electron chi connectivity index (χ4n) is 3.87. The number of nitrogens with one attached hydrogen (secondary N) is 1. The molecule has 2 heterocycles. The minimum Gasteiger partial charge on any atom is -0.492 e. The van der Waals surface area contributed by atoms with Crippen molar-refractivity contribution in [1.29, 1.82) is 0 Å². The summed E-state index contributed by atoms with van der Waals surface area (Å²) in [6, 6.07) is 13.9. The van der Waals surface area contributed by atoms with Crippen LogP contribution in [0.1, 0.15) is 24.5 Å². The van der Waals surface area contributed by atoms with Crippen molar-refractivity contribution in [3.05, 3.63) is 65.3 Å². The van der Waals surface area contributed by atoms with Crippen LogP contribution >= 0.6 is 11.6 Å². The molecule has 0 spiro atoms. The molecular formula is C24H27ClN4O3. The summed E-state index contributed by atoms with van der Waals surface area (Å²) in [5.74, 6) is 0.204. The number of hydrogen-bond donors (Lipinski definition) is 2. The van der Waals surface area contributed by atoms with Crippen molar-refractivity contribution >= 4 is 23.2 Å². The predicted octanol–water partition coefficient (Wildman–Crippen LogP) is 3.89. The van der Waals surface area contributed by atoms with Gasteiger partial charge in [-0.05, 0) is 67.9 Å². The van der Waals surface area contributed by atoms with Crippen LogP contribution in [0.15, 0.2) is 54.7 Å². The summed E-state index contributed by atoms with van der Waals surface area (Å²) < 4.78 is 7.87. The average Bonchev–Trinajstić information content (AvgIpc) is 3.46. The van der Waals surface area contributed by atoms with Crippen molar-refractivity contribution in [2.24, 2.45) is 7.05 Å². The average molecular weight is 455 g/mol. The lowest BCUT2D eigenvalue weighted by atomic mass is 10.1. The van der Waals surface area contributed by atoms with Gasteiger partial charge < -0.3 is 15.2 Å². The van der Waals surface area contributed by atoms with Crippen LogP contribution in [0.25, 0.3) is 11.3 Å². The second-order valence-electron chi connectivity index (χ2n) is 7.89. The number of carbonyl (C=O) groups is 1. The number of carbonyl (C=O) groups excluding carboxylic acids is 1. The van der Waals surface area contributed by atoms with E-state index in [0.29, 0.717) is 22.9 Å². The normalized spacial score (nSPS) is 15.0. The number of amides is 1. The first-order valence-corrected chi connectivity index (χ1v) is 11.1. The van der Waals surface area contributed by atoms with Gasteiger partial charge in [0.2, 0.25) is 0 Å². The summed E-state index contributed by atoms with van der Waals surface area (Å²) in [5, 5.41) is 18.0. The minimum atomic E-state index is -1.30. The molecule has 1 atom stereocenters. The number of aryl methyl sites for hydroxylation is 1. The monoisotopic (exact) mass is 454 g/mol. The number of nitrogens with zero attached hydrogens (tertiary/aromatic N) is 3. The standard InChI is InChI=1S/C24H27ClN4O3/c1-28-21(10-11-26-28)20-16-19(8-9-22(20)32-15-14-29-12-2-3-13-29)27-24(31)23(30)17-4-6-18(25)7-5-17/h4-11,16,23,30H,2-3,12-15H2,1H3,(H,27,31). The number of aliphatic hydroxyl groups is 1. The van der Waals surface area contributed by atoms with Gasteiger partial charge in [-0.2, -0.15) is 5.10 Å². The van der Waals surface area contributed by atoms with Crippen molar-refractivity contribution < 1.29 is 14.6 Å². The summed E-state index contributed by atoms with van der Waals surface area (Å²) in [5.41, 5.74) is 2.73. The molecule has 8 heteroatoms. The molecule has 1 amide bonds. The van der Waals surface area contributed by atoms with E-state index in [0.717, 1.165) is 36.6 Å². The van der Waals surface area contributed by atoms with E-state index < -0.39 is 12.0 Å². The van der Waals surface area contributed by atoms with Gasteiger partial charge in [0.05, 0.1) is 5.69 Å². The van der Waals surface area contributed by atoms with E-state index in [4.69, 9.17) is 16.3 Å². The second kappa shape index (κ2) is 10.2. The zero-order chi connectivity index (χ0) is 22.5. The van der Waals surface area contributed by atoms with Crippen molar-refractivity contribution in [2.45, 2.75) is 18.9 Å². The van der Waals surface area contributed by atoms with Gasteiger partial charge >= 0.3 is 0 Å². The van der Waals surface area contributed by atoms with Crippen molar-refractivity contribution in [2.75, 3.05) is 31.6 Å². The van der Waals surface area contributed by atoms with E-state index in [1.807, 2.05) is 25.2 Å². The molecule has 7 nitrogen and oxygen atoms in total. The van der Waals surface area contributed by atoms with Gasteiger partial charge in [-0.25, -0.2) is 0 Å². The Morgan fingerprint density at radius 2 is 1.94 bits per heavy atom. The molecule has 1 aliphatic rings. The van der Waals surface area contributed by atoms with Crippen LogP contribution in [0.5, 0.6) is 5.75 Å². The van der Waals surface area contributed by atoms with Crippen LogP contribution < -0.4 is 10.1 Å². The molecule has 2 N–H and O–H groups in total. The Morgan fingerprint density at radius 1 is 1.19 bits per heavy atom. The molecule has 0 saturated carbocycles. The summed E-state index contributed by atoms with van der Waals surface area (Å²) >= 11 is 5.89.